The second-order valence-corrected chi connectivity index (χ2v) is 4.13. The van der Waals surface area contributed by atoms with E-state index in [0.29, 0.717) is 18.4 Å². The molecular formula is C10H20FN. The highest BCUT2D eigenvalue weighted by atomic mass is 19.1. The van der Waals surface area contributed by atoms with Gasteiger partial charge in [-0.3, -0.25) is 0 Å². The Labute approximate surface area is 74.7 Å². The first-order chi connectivity index (χ1) is 5.70. The Morgan fingerprint density at radius 2 is 2.08 bits per heavy atom. The lowest BCUT2D eigenvalue weighted by molar-refractivity contribution is 0.218. The van der Waals surface area contributed by atoms with Crippen molar-refractivity contribution >= 4 is 0 Å². The summed E-state index contributed by atoms with van der Waals surface area (Å²) in [6, 6.07) is 0.389. The van der Waals surface area contributed by atoms with Crippen LogP contribution in [0.5, 0.6) is 0 Å². The average Bonchev–Trinajstić information content (AvgIpc) is 1.95. The maximum absolute atomic E-state index is 13.2. The lowest BCUT2D eigenvalue weighted by atomic mass is 9.94. The van der Waals surface area contributed by atoms with Crippen LogP contribution in [0.1, 0.15) is 39.5 Å². The molecule has 0 aromatic heterocycles. The third-order valence-corrected chi connectivity index (χ3v) is 2.67. The van der Waals surface area contributed by atoms with Crippen molar-refractivity contribution < 1.29 is 4.39 Å². The van der Waals surface area contributed by atoms with Crippen LogP contribution in [-0.4, -0.2) is 18.8 Å². The molecule has 2 heteroatoms. The van der Waals surface area contributed by atoms with Gasteiger partial charge in [-0.2, -0.15) is 0 Å². The summed E-state index contributed by atoms with van der Waals surface area (Å²) < 4.78 is 13.2. The van der Waals surface area contributed by atoms with Gasteiger partial charge in [0.25, 0.3) is 0 Å². The maximum Gasteiger partial charge on any atom is 0.102 e. The Morgan fingerprint density at radius 3 is 2.75 bits per heavy atom. The van der Waals surface area contributed by atoms with Crippen molar-refractivity contribution in [3.63, 3.8) is 0 Å². The fourth-order valence-electron chi connectivity index (χ4n) is 1.76. The van der Waals surface area contributed by atoms with Crippen LogP contribution in [0, 0.1) is 5.92 Å². The van der Waals surface area contributed by atoms with Gasteiger partial charge in [-0.05, 0) is 38.1 Å². The van der Waals surface area contributed by atoms with Crippen LogP contribution in [-0.2, 0) is 0 Å². The van der Waals surface area contributed by atoms with E-state index in [9.17, 15) is 4.39 Å². The number of alkyl halides is 1. The molecule has 0 radical (unpaired) electrons. The molecule has 0 bridgehead atoms. The Kier molecular flexibility index (Phi) is 3.99. The van der Waals surface area contributed by atoms with E-state index in [4.69, 9.17) is 0 Å². The molecule has 2 unspecified atom stereocenters. The third kappa shape index (κ3) is 3.10. The zero-order valence-electron chi connectivity index (χ0n) is 8.15. The van der Waals surface area contributed by atoms with E-state index in [2.05, 4.69) is 19.2 Å². The van der Waals surface area contributed by atoms with Gasteiger partial charge in [-0.1, -0.05) is 13.8 Å². The number of halogens is 1. The quantitative estimate of drug-likeness (QED) is 0.642. The lowest BCUT2D eigenvalue weighted by Gasteiger charge is -2.26. The van der Waals surface area contributed by atoms with Crippen LogP contribution < -0.4 is 5.32 Å². The smallest absolute Gasteiger partial charge is 0.102 e. The highest BCUT2D eigenvalue weighted by Crippen LogP contribution is 2.17. The van der Waals surface area contributed by atoms with Crippen molar-refractivity contribution in [1.29, 1.82) is 0 Å². The molecule has 1 fully saturated rings. The molecule has 1 aliphatic rings. The Hall–Kier alpha value is -0.110. The fraction of sp³-hybridized carbons (Fsp3) is 1.00. The monoisotopic (exact) mass is 173 g/mol. The summed E-state index contributed by atoms with van der Waals surface area (Å²) in [5, 5.41) is 3.41. The molecule has 1 saturated heterocycles. The minimum absolute atomic E-state index is 0.389. The van der Waals surface area contributed by atoms with E-state index in [1.807, 2.05) is 0 Å². The van der Waals surface area contributed by atoms with E-state index >= 15 is 0 Å². The molecule has 0 spiro atoms. The van der Waals surface area contributed by atoms with Gasteiger partial charge in [0.15, 0.2) is 0 Å². The molecule has 0 aromatic rings. The van der Waals surface area contributed by atoms with Crippen molar-refractivity contribution in [3.05, 3.63) is 0 Å². The fourth-order valence-corrected chi connectivity index (χ4v) is 1.76. The average molecular weight is 173 g/mol. The lowest BCUT2D eigenvalue weighted by Crippen LogP contribution is -2.38. The van der Waals surface area contributed by atoms with Crippen LogP contribution >= 0.6 is 0 Å². The van der Waals surface area contributed by atoms with Gasteiger partial charge in [0.05, 0.1) is 0 Å². The summed E-state index contributed by atoms with van der Waals surface area (Å²) >= 11 is 0. The van der Waals surface area contributed by atoms with Gasteiger partial charge in [-0.15, -0.1) is 0 Å². The van der Waals surface area contributed by atoms with Crippen molar-refractivity contribution in [1.82, 2.24) is 5.32 Å². The van der Waals surface area contributed by atoms with Crippen molar-refractivity contribution in [2.75, 3.05) is 6.54 Å². The molecule has 1 heterocycles. The number of hydrogen-bond acceptors (Lipinski definition) is 1. The summed E-state index contributed by atoms with van der Waals surface area (Å²) in [4.78, 5) is 0. The highest BCUT2D eigenvalue weighted by Gasteiger charge is 2.19. The van der Waals surface area contributed by atoms with Gasteiger partial charge in [0, 0.05) is 6.04 Å². The van der Waals surface area contributed by atoms with Crippen molar-refractivity contribution in [2.24, 2.45) is 5.92 Å². The normalized spacial score (nSPS) is 33.0. The van der Waals surface area contributed by atoms with Crippen LogP contribution in [0.25, 0.3) is 0 Å². The van der Waals surface area contributed by atoms with Gasteiger partial charge >= 0.3 is 0 Å². The summed E-state index contributed by atoms with van der Waals surface area (Å²) in [5.41, 5.74) is 0. The van der Waals surface area contributed by atoms with Crippen LogP contribution in [0.4, 0.5) is 4.39 Å². The zero-order chi connectivity index (χ0) is 8.97. The highest BCUT2D eigenvalue weighted by molar-refractivity contribution is 4.76. The number of nitrogens with one attached hydrogen (secondary N) is 1. The SMILES string of the molecule is CC(C)C1CC(F)CCCCN1. The minimum Gasteiger partial charge on any atom is -0.314 e. The van der Waals surface area contributed by atoms with Crippen molar-refractivity contribution in [2.45, 2.75) is 51.7 Å². The molecule has 1 N–H and O–H groups in total. The number of hydrogen-bond donors (Lipinski definition) is 1. The molecule has 0 amide bonds. The predicted molar refractivity (Wildman–Crippen MR) is 50.0 cm³/mol. The molecule has 1 aliphatic heterocycles. The first kappa shape index (κ1) is 9.97. The summed E-state index contributed by atoms with van der Waals surface area (Å²) in [5.74, 6) is 0.557. The van der Waals surface area contributed by atoms with Gasteiger partial charge in [0.1, 0.15) is 6.17 Å². The summed E-state index contributed by atoms with van der Waals surface area (Å²) in [7, 11) is 0. The van der Waals surface area contributed by atoms with E-state index in [-0.39, 0.29) is 0 Å². The summed E-state index contributed by atoms with van der Waals surface area (Å²) in [6.07, 6.45) is 3.07. The van der Waals surface area contributed by atoms with E-state index in [1.54, 1.807) is 0 Å². The van der Waals surface area contributed by atoms with Crippen LogP contribution in [0.2, 0.25) is 0 Å². The zero-order valence-corrected chi connectivity index (χ0v) is 8.15. The van der Waals surface area contributed by atoms with E-state index in [1.165, 1.54) is 0 Å². The molecule has 0 aliphatic carbocycles. The van der Waals surface area contributed by atoms with E-state index in [0.717, 1.165) is 25.8 Å². The molecule has 0 aromatic carbocycles. The Balaban J connectivity index is 2.38. The Bertz CT molecular complexity index is 125. The molecule has 1 nitrogen and oxygen atoms in total. The Morgan fingerprint density at radius 1 is 1.33 bits per heavy atom. The van der Waals surface area contributed by atoms with Crippen LogP contribution in [0.15, 0.2) is 0 Å². The van der Waals surface area contributed by atoms with E-state index < -0.39 is 6.17 Å². The third-order valence-electron chi connectivity index (χ3n) is 2.67. The molecule has 12 heavy (non-hydrogen) atoms. The standard InChI is InChI=1S/C10H20FN/c1-8(2)10-7-9(11)5-3-4-6-12-10/h8-10,12H,3-7H2,1-2H3. The second-order valence-electron chi connectivity index (χ2n) is 4.13. The minimum atomic E-state index is -0.579. The van der Waals surface area contributed by atoms with Crippen LogP contribution in [0.3, 0.4) is 0 Å². The molecule has 2 atom stereocenters. The topological polar surface area (TPSA) is 12.0 Å². The van der Waals surface area contributed by atoms with Gasteiger partial charge < -0.3 is 5.32 Å². The second kappa shape index (κ2) is 4.80. The molecule has 1 rings (SSSR count). The molecule has 0 saturated carbocycles. The van der Waals surface area contributed by atoms with Gasteiger partial charge in [0.2, 0.25) is 0 Å². The predicted octanol–water partition coefficient (Wildman–Crippen LogP) is 2.51. The largest absolute Gasteiger partial charge is 0.314 e. The first-order valence-electron chi connectivity index (χ1n) is 5.07. The first-order valence-corrected chi connectivity index (χ1v) is 5.07. The maximum atomic E-state index is 13.2. The van der Waals surface area contributed by atoms with Gasteiger partial charge in [-0.25, -0.2) is 4.39 Å². The summed E-state index contributed by atoms with van der Waals surface area (Å²) in [6.45, 7) is 5.38. The molecular weight excluding hydrogens is 153 g/mol. The number of rotatable bonds is 1. The molecule has 72 valence electrons. The van der Waals surface area contributed by atoms with Crippen molar-refractivity contribution in [3.8, 4) is 0 Å².